The van der Waals surface area contributed by atoms with Crippen molar-refractivity contribution in [2.75, 3.05) is 32.3 Å². The maximum absolute atomic E-state index is 11.4. The van der Waals surface area contributed by atoms with Gasteiger partial charge in [0, 0.05) is 26.2 Å². The van der Waals surface area contributed by atoms with Crippen molar-refractivity contribution in [3.8, 4) is 0 Å². The Hall–Kier alpha value is -0.400. The summed E-state index contributed by atoms with van der Waals surface area (Å²) in [5, 5.41) is 3.20. The van der Waals surface area contributed by atoms with Gasteiger partial charge in [-0.15, -0.1) is 9.24 Å². The summed E-state index contributed by atoms with van der Waals surface area (Å²) in [5.74, 6) is 0.138. The molecule has 1 rings (SSSR count). The topological polar surface area (TPSA) is 32.3 Å². The van der Waals surface area contributed by atoms with Crippen LogP contribution in [0.5, 0.6) is 0 Å². The monoisotopic (exact) mass is 186 g/mol. The summed E-state index contributed by atoms with van der Waals surface area (Å²) >= 11 is 0. The molecular formula is C8H15N2OP. The van der Waals surface area contributed by atoms with Crippen LogP contribution in [0, 0.1) is 0 Å². The second kappa shape index (κ2) is 5.28. The molecule has 1 N–H and O–H groups in total. The van der Waals surface area contributed by atoms with E-state index >= 15 is 0 Å². The van der Waals surface area contributed by atoms with E-state index in [4.69, 9.17) is 0 Å². The van der Waals surface area contributed by atoms with Gasteiger partial charge in [0.25, 0.3) is 0 Å². The summed E-state index contributed by atoms with van der Waals surface area (Å²) in [7, 11) is 2.56. The Balaban J connectivity index is 2.34. The van der Waals surface area contributed by atoms with Crippen LogP contribution in [0.25, 0.3) is 0 Å². The Labute approximate surface area is 75.4 Å². The number of hydrogen-bond donors (Lipinski definition) is 1. The third-order valence-corrected chi connectivity index (χ3v) is 2.10. The van der Waals surface area contributed by atoms with Crippen molar-refractivity contribution in [3.05, 3.63) is 12.2 Å². The lowest BCUT2D eigenvalue weighted by Gasteiger charge is -2.26. The van der Waals surface area contributed by atoms with Crippen molar-refractivity contribution in [2.24, 2.45) is 0 Å². The SMILES string of the molecule is O=C(/C=C/CP)N1CCNCC1. The molecule has 0 aliphatic carbocycles. The molecule has 1 amide bonds. The number of piperazine rings is 1. The van der Waals surface area contributed by atoms with E-state index in [0.717, 1.165) is 32.3 Å². The molecule has 4 heteroatoms. The average Bonchev–Trinajstić information content (AvgIpc) is 2.15. The molecule has 1 aliphatic rings. The molecule has 1 atom stereocenters. The molecule has 1 unspecified atom stereocenters. The van der Waals surface area contributed by atoms with Gasteiger partial charge in [0.15, 0.2) is 0 Å². The highest BCUT2D eigenvalue weighted by atomic mass is 31.0. The minimum Gasteiger partial charge on any atom is -0.337 e. The highest BCUT2D eigenvalue weighted by Gasteiger charge is 2.12. The Morgan fingerprint density at radius 1 is 1.50 bits per heavy atom. The largest absolute Gasteiger partial charge is 0.337 e. The zero-order valence-electron chi connectivity index (χ0n) is 7.12. The van der Waals surface area contributed by atoms with Crippen LogP contribution in [0.3, 0.4) is 0 Å². The molecule has 0 spiro atoms. The van der Waals surface area contributed by atoms with E-state index < -0.39 is 0 Å². The Kier molecular flexibility index (Phi) is 4.26. The zero-order chi connectivity index (χ0) is 8.81. The molecule has 0 aromatic heterocycles. The van der Waals surface area contributed by atoms with Crippen molar-refractivity contribution in [1.82, 2.24) is 10.2 Å². The number of carbonyl (C=O) groups is 1. The molecule has 1 aliphatic heterocycles. The first kappa shape index (κ1) is 9.69. The molecule has 3 nitrogen and oxygen atoms in total. The Bertz CT molecular complexity index is 176. The smallest absolute Gasteiger partial charge is 0.246 e. The molecule has 1 heterocycles. The van der Waals surface area contributed by atoms with Gasteiger partial charge in [0.2, 0.25) is 5.91 Å². The maximum Gasteiger partial charge on any atom is 0.246 e. The van der Waals surface area contributed by atoms with Gasteiger partial charge in [-0.25, -0.2) is 0 Å². The van der Waals surface area contributed by atoms with Crippen LogP contribution in [-0.2, 0) is 4.79 Å². The van der Waals surface area contributed by atoms with E-state index in [1.54, 1.807) is 6.08 Å². The van der Waals surface area contributed by atoms with Gasteiger partial charge in [-0.1, -0.05) is 6.08 Å². The quantitative estimate of drug-likeness (QED) is 0.480. The van der Waals surface area contributed by atoms with Gasteiger partial charge in [0.1, 0.15) is 0 Å². The summed E-state index contributed by atoms with van der Waals surface area (Å²) in [6.07, 6.45) is 4.37. The molecule has 0 aromatic carbocycles. The summed E-state index contributed by atoms with van der Waals surface area (Å²) in [6.45, 7) is 3.50. The van der Waals surface area contributed by atoms with Crippen LogP contribution in [0.1, 0.15) is 0 Å². The Morgan fingerprint density at radius 2 is 2.17 bits per heavy atom. The number of hydrogen-bond acceptors (Lipinski definition) is 2. The molecule has 0 saturated carbocycles. The second-order valence-corrected chi connectivity index (χ2v) is 3.18. The number of nitrogens with one attached hydrogen (secondary N) is 1. The van der Waals surface area contributed by atoms with Crippen LogP contribution < -0.4 is 5.32 Å². The van der Waals surface area contributed by atoms with Crippen molar-refractivity contribution in [3.63, 3.8) is 0 Å². The fraction of sp³-hybridized carbons (Fsp3) is 0.625. The lowest BCUT2D eigenvalue weighted by molar-refractivity contribution is -0.126. The average molecular weight is 186 g/mol. The van der Waals surface area contributed by atoms with Gasteiger partial charge in [0.05, 0.1) is 0 Å². The molecule has 1 fully saturated rings. The van der Waals surface area contributed by atoms with Gasteiger partial charge >= 0.3 is 0 Å². The summed E-state index contributed by atoms with van der Waals surface area (Å²) in [4.78, 5) is 13.2. The third-order valence-electron chi connectivity index (χ3n) is 1.83. The minimum absolute atomic E-state index is 0.138. The van der Waals surface area contributed by atoms with E-state index in [-0.39, 0.29) is 5.91 Å². The van der Waals surface area contributed by atoms with Crippen molar-refractivity contribution in [1.29, 1.82) is 0 Å². The van der Waals surface area contributed by atoms with Gasteiger partial charge < -0.3 is 10.2 Å². The summed E-state index contributed by atoms with van der Waals surface area (Å²) in [6, 6.07) is 0. The predicted octanol–water partition coefficient (Wildman–Crippen LogP) is -0.151. The number of nitrogens with zero attached hydrogens (tertiary/aromatic N) is 1. The molecule has 0 radical (unpaired) electrons. The van der Waals surface area contributed by atoms with E-state index in [0.29, 0.717) is 0 Å². The molecule has 0 bridgehead atoms. The van der Waals surface area contributed by atoms with Crippen molar-refractivity contribution < 1.29 is 4.79 Å². The first-order chi connectivity index (χ1) is 5.84. The van der Waals surface area contributed by atoms with Crippen LogP contribution in [0.2, 0.25) is 0 Å². The molecule has 12 heavy (non-hydrogen) atoms. The van der Waals surface area contributed by atoms with Crippen LogP contribution in [-0.4, -0.2) is 43.1 Å². The van der Waals surface area contributed by atoms with Crippen LogP contribution in [0.4, 0.5) is 0 Å². The van der Waals surface area contributed by atoms with E-state index in [2.05, 4.69) is 14.6 Å². The predicted molar refractivity (Wildman–Crippen MR) is 53.2 cm³/mol. The summed E-state index contributed by atoms with van der Waals surface area (Å²) < 4.78 is 0. The lowest BCUT2D eigenvalue weighted by atomic mass is 10.3. The van der Waals surface area contributed by atoms with Gasteiger partial charge in [-0.3, -0.25) is 4.79 Å². The highest BCUT2D eigenvalue weighted by molar-refractivity contribution is 7.16. The number of carbonyl (C=O) groups excluding carboxylic acids is 1. The normalized spacial score (nSPS) is 18.6. The van der Waals surface area contributed by atoms with E-state index in [1.807, 2.05) is 11.0 Å². The number of amides is 1. The standard InChI is InChI=1S/C8H15N2OP/c11-8(2-1-7-12)10-5-3-9-4-6-10/h1-2,9H,3-7,12H2/b2-1+. The third kappa shape index (κ3) is 2.92. The fourth-order valence-electron chi connectivity index (χ4n) is 1.16. The van der Waals surface area contributed by atoms with Crippen LogP contribution >= 0.6 is 9.24 Å². The fourth-order valence-corrected chi connectivity index (χ4v) is 1.30. The number of rotatable bonds is 2. The van der Waals surface area contributed by atoms with Gasteiger partial charge in [-0.2, -0.15) is 0 Å². The first-order valence-electron chi connectivity index (χ1n) is 4.21. The summed E-state index contributed by atoms with van der Waals surface area (Å²) in [5.41, 5.74) is 0. The number of allylic oxidation sites excluding steroid dienone is 1. The van der Waals surface area contributed by atoms with Crippen LogP contribution in [0.15, 0.2) is 12.2 Å². The zero-order valence-corrected chi connectivity index (χ0v) is 8.28. The lowest BCUT2D eigenvalue weighted by Crippen LogP contribution is -2.45. The maximum atomic E-state index is 11.4. The van der Waals surface area contributed by atoms with E-state index in [9.17, 15) is 4.79 Å². The molecular weight excluding hydrogens is 171 g/mol. The van der Waals surface area contributed by atoms with Crippen molar-refractivity contribution in [2.45, 2.75) is 0 Å². The van der Waals surface area contributed by atoms with E-state index in [1.165, 1.54) is 0 Å². The highest BCUT2D eigenvalue weighted by Crippen LogP contribution is 1.94. The molecule has 1 saturated heterocycles. The van der Waals surface area contributed by atoms with Gasteiger partial charge in [-0.05, 0) is 12.2 Å². The van der Waals surface area contributed by atoms with Crippen molar-refractivity contribution >= 4 is 15.1 Å². The minimum atomic E-state index is 0.138. The molecule has 68 valence electrons. The first-order valence-corrected chi connectivity index (χ1v) is 5.02. The second-order valence-electron chi connectivity index (χ2n) is 2.71. The molecule has 0 aromatic rings. The Morgan fingerprint density at radius 3 is 2.75 bits per heavy atom.